The first-order valence-corrected chi connectivity index (χ1v) is 7.55. The lowest BCUT2D eigenvalue weighted by molar-refractivity contribution is -0.658. The lowest BCUT2D eigenvalue weighted by Gasteiger charge is -2.16. The number of likely N-dealkylation sites (N-methyl/N-ethyl adjacent to an activating group) is 1. The Bertz CT molecular complexity index is 606. The summed E-state index contributed by atoms with van der Waals surface area (Å²) in [4.78, 5) is 1.83. The number of hydrogen-bond donors (Lipinski definition) is 1. The lowest BCUT2D eigenvalue weighted by Crippen LogP contribution is -2.28. The van der Waals surface area contributed by atoms with Crippen molar-refractivity contribution in [2.75, 3.05) is 20.2 Å². The van der Waals surface area contributed by atoms with Gasteiger partial charge in [-0.05, 0) is 23.7 Å². The first-order chi connectivity index (χ1) is 11.1. The second-order valence-electron chi connectivity index (χ2n) is 4.93. The van der Waals surface area contributed by atoms with Crippen molar-refractivity contribution in [3.05, 3.63) is 36.5 Å². The van der Waals surface area contributed by atoms with E-state index < -0.39 is 0 Å². The highest BCUT2D eigenvalue weighted by Crippen LogP contribution is 2.03. The molecule has 0 aliphatic carbocycles. The van der Waals surface area contributed by atoms with Crippen molar-refractivity contribution in [2.24, 2.45) is 27.5 Å². The summed E-state index contributed by atoms with van der Waals surface area (Å²) in [5, 5.41) is 25.5. The highest BCUT2D eigenvalue weighted by Gasteiger charge is 2.04. The SMILES string of the molecule is CC\C=C/C(=N\N=C(/C)N=Nc1cccc[n+]1C)N(C)CCO. The molecule has 0 fully saturated rings. The number of rotatable bonds is 6. The largest absolute Gasteiger partial charge is 0.395 e. The molecule has 7 heteroatoms. The van der Waals surface area contributed by atoms with Gasteiger partial charge in [0.2, 0.25) is 0 Å². The molecule has 124 valence electrons. The number of nitrogens with zero attached hydrogens (tertiary/aromatic N) is 6. The summed E-state index contributed by atoms with van der Waals surface area (Å²) in [5.41, 5.74) is 0. The fraction of sp³-hybridized carbons (Fsp3) is 0.438. The van der Waals surface area contributed by atoms with Gasteiger partial charge in [-0.1, -0.05) is 19.1 Å². The quantitative estimate of drug-likeness (QED) is 0.287. The molecule has 0 radical (unpaired) electrons. The molecule has 0 aromatic carbocycles. The van der Waals surface area contributed by atoms with Crippen LogP contribution in [0.25, 0.3) is 0 Å². The number of aromatic nitrogens is 1. The summed E-state index contributed by atoms with van der Waals surface area (Å²) in [6, 6.07) is 5.69. The van der Waals surface area contributed by atoms with Crippen LogP contribution >= 0.6 is 0 Å². The van der Waals surface area contributed by atoms with Gasteiger partial charge in [-0.25, -0.2) is 4.57 Å². The van der Waals surface area contributed by atoms with Crippen LogP contribution in [-0.2, 0) is 7.05 Å². The van der Waals surface area contributed by atoms with E-state index in [1.165, 1.54) is 0 Å². The van der Waals surface area contributed by atoms with Gasteiger partial charge in [-0.3, -0.25) is 0 Å². The molecule has 1 heterocycles. The Balaban J connectivity index is 2.88. The van der Waals surface area contributed by atoms with Crippen LogP contribution in [0.15, 0.2) is 57.0 Å². The number of aliphatic hydroxyl groups is 1. The minimum absolute atomic E-state index is 0.0579. The minimum Gasteiger partial charge on any atom is -0.395 e. The Morgan fingerprint density at radius 1 is 1.35 bits per heavy atom. The predicted molar refractivity (Wildman–Crippen MR) is 91.8 cm³/mol. The van der Waals surface area contributed by atoms with E-state index in [1.807, 2.05) is 67.0 Å². The van der Waals surface area contributed by atoms with Gasteiger partial charge in [0.15, 0.2) is 11.7 Å². The minimum atomic E-state index is 0.0579. The molecule has 1 N–H and O–H groups in total. The second-order valence-corrected chi connectivity index (χ2v) is 4.93. The van der Waals surface area contributed by atoms with E-state index in [0.717, 1.165) is 12.2 Å². The molecule has 0 saturated heterocycles. The molecule has 0 aliphatic rings. The first-order valence-electron chi connectivity index (χ1n) is 7.55. The average Bonchev–Trinajstić information content (AvgIpc) is 2.54. The van der Waals surface area contributed by atoms with Crippen LogP contribution in [0.5, 0.6) is 0 Å². The van der Waals surface area contributed by atoms with Crippen molar-refractivity contribution in [1.82, 2.24) is 4.90 Å². The molecule has 0 bridgehead atoms. The molecule has 0 unspecified atom stereocenters. The van der Waals surface area contributed by atoms with Crippen LogP contribution in [0.3, 0.4) is 0 Å². The van der Waals surface area contributed by atoms with Crippen molar-refractivity contribution in [3.63, 3.8) is 0 Å². The van der Waals surface area contributed by atoms with Gasteiger partial charge in [0.05, 0.1) is 25.0 Å². The van der Waals surface area contributed by atoms with E-state index in [1.54, 1.807) is 6.92 Å². The Morgan fingerprint density at radius 3 is 2.78 bits per heavy atom. The zero-order chi connectivity index (χ0) is 17.1. The molecular formula is C16H25N6O+. The fourth-order valence-electron chi connectivity index (χ4n) is 1.61. The zero-order valence-electron chi connectivity index (χ0n) is 14.2. The van der Waals surface area contributed by atoms with E-state index in [0.29, 0.717) is 18.2 Å². The summed E-state index contributed by atoms with van der Waals surface area (Å²) in [6.45, 7) is 4.33. The molecule has 0 aliphatic heterocycles. The molecule has 1 aromatic rings. The van der Waals surface area contributed by atoms with Crippen molar-refractivity contribution >= 4 is 17.5 Å². The van der Waals surface area contributed by atoms with Gasteiger partial charge in [0, 0.05) is 26.6 Å². The Hall–Kier alpha value is -2.41. The third kappa shape index (κ3) is 6.92. The Labute approximate surface area is 137 Å². The van der Waals surface area contributed by atoms with Crippen molar-refractivity contribution in [3.8, 4) is 0 Å². The van der Waals surface area contributed by atoms with Gasteiger partial charge in [-0.15, -0.1) is 10.2 Å². The van der Waals surface area contributed by atoms with Crippen molar-refractivity contribution in [1.29, 1.82) is 0 Å². The number of aryl methyl sites for hydroxylation is 1. The van der Waals surface area contributed by atoms with Gasteiger partial charge >= 0.3 is 5.82 Å². The van der Waals surface area contributed by atoms with Gasteiger partial charge < -0.3 is 10.0 Å². The summed E-state index contributed by atoms with van der Waals surface area (Å²) in [5.74, 6) is 1.85. The topological polar surface area (TPSA) is 76.8 Å². The van der Waals surface area contributed by atoms with Gasteiger partial charge in [0.1, 0.15) is 0 Å². The van der Waals surface area contributed by atoms with E-state index in [9.17, 15) is 0 Å². The third-order valence-corrected chi connectivity index (χ3v) is 2.95. The maximum Gasteiger partial charge on any atom is 0.350 e. The predicted octanol–water partition coefficient (Wildman–Crippen LogP) is 2.22. The smallest absolute Gasteiger partial charge is 0.350 e. The molecule has 7 nitrogen and oxygen atoms in total. The first kappa shape index (κ1) is 18.6. The lowest BCUT2D eigenvalue weighted by atomic mass is 10.3. The standard InChI is InChI=1S/C16H25N6O/c1-5-6-9-15(22(4)12-13-23)19-17-14(2)18-20-16-10-7-8-11-21(16)3/h6-11,23H,5,12-13H2,1-4H3/q+1/b9-6-. The van der Waals surface area contributed by atoms with E-state index in [4.69, 9.17) is 5.11 Å². The van der Waals surface area contributed by atoms with Crippen LogP contribution in [-0.4, -0.2) is 41.9 Å². The number of azo groups is 1. The van der Waals surface area contributed by atoms with Crippen LogP contribution in [0.2, 0.25) is 0 Å². The van der Waals surface area contributed by atoms with Crippen molar-refractivity contribution < 1.29 is 9.67 Å². The van der Waals surface area contributed by atoms with Crippen molar-refractivity contribution in [2.45, 2.75) is 20.3 Å². The number of aliphatic hydroxyl groups excluding tert-OH is 1. The molecule has 0 atom stereocenters. The zero-order valence-corrected chi connectivity index (χ0v) is 14.2. The summed E-state index contributed by atoms with van der Waals surface area (Å²) < 4.78 is 1.87. The monoisotopic (exact) mass is 317 g/mol. The van der Waals surface area contributed by atoms with Crippen LogP contribution in [0.4, 0.5) is 5.82 Å². The van der Waals surface area contributed by atoms with E-state index in [2.05, 4.69) is 20.4 Å². The van der Waals surface area contributed by atoms with Crippen LogP contribution in [0.1, 0.15) is 20.3 Å². The molecule has 0 amide bonds. The van der Waals surface area contributed by atoms with Gasteiger partial charge in [0.25, 0.3) is 0 Å². The maximum atomic E-state index is 9.03. The molecule has 0 spiro atoms. The van der Waals surface area contributed by atoms with Gasteiger partial charge in [-0.2, -0.15) is 0 Å². The Morgan fingerprint density at radius 2 is 2.13 bits per heavy atom. The summed E-state index contributed by atoms with van der Waals surface area (Å²) >= 11 is 0. The summed E-state index contributed by atoms with van der Waals surface area (Å²) in [7, 11) is 3.75. The van der Waals surface area contributed by atoms with E-state index in [-0.39, 0.29) is 6.61 Å². The number of amidine groups is 2. The fourth-order valence-corrected chi connectivity index (χ4v) is 1.61. The molecular weight excluding hydrogens is 292 g/mol. The Kier molecular flexibility index (Phi) is 8.38. The second kappa shape index (κ2) is 10.3. The van der Waals surface area contributed by atoms with E-state index >= 15 is 0 Å². The highest BCUT2D eigenvalue weighted by molar-refractivity contribution is 5.93. The number of pyridine rings is 1. The molecule has 1 rings (SSSR count). The average molecular weight is 317 g/mol. The number of hydrogen-bond acceptors (Lipinski definition) is 4. The van der Waals surface area contributed by atoms with Crippen LogP contribution < -0.4 is 4.57 Å². The molecule has 0 saturated carbocycles. The number of allylic oxidation sites excluding steroid dienone is 1. The molecule has 1 aromatic heterocycles. The summed E-state index contributed by atoms with van der Waals surface area (Å²) in [6.07, 6.45) is 6.67. The molecule has 23 heavy (non-hydrogen) atoms. The maximum absolute atomic E-state index is 9.03. The van der Waals surface area contributed by atoms with Crippen LogP contribution in [0, 0.1) is 0 Å². The third-order valence-electron chi connectivity index (χ3n) is 2.95. The normalized spacial score (nSPS) is 13.3. The highest BCUT2D eigenvalue weighted by atomic mass is 16.3.